The fourth-order valence-electron chi connectivity index (χ4n) is 7.14. The minimum atomic E-state index is -3.11. The van der Waals surface area contributed by atoms with Crippen LogP contribution in [0, 0.1) is 0 Å². The molecular formula is C24H39ClO2Si4. The van der Waals surface area contributed by atoms with Crippen molar-refractivity contribution in [3.63, 3.8) is 0 Å². The second-order valence-electron chi connectivity index (χ2n) is 11.9. The van der Waals surface area contributed by atoms with E-state index in [1.807, 2.05) is 0 Å². The molecule has 0 N–H and O–H groups in total. The van der Waals surface area contributed by atoms with Gasteiger partial charge in [-0.05, 0) is 11.1 Å². The normalized spacial score (nSPS) is 25.6. The highest BCUT2D eigenvalue weighted by atomic mass is 35.6. The summed E-state index contributed by atoms with van der Waals surface area (Å²) >= 11 is 7.84. The van der Waals surface area contributed by atoms with E-state index in [0.29, 0.717) is 0 Å². The molecule has 3 rings (SSSR count). The number of halogens is 1. The van der Waals surface area contributed by atoms with E-state index in [0.717, 1.165) is 11.1 Å². The maximum atomic E-state index is 7.84. The van der Waals surface area contributed by atoms with E-state index in [1.165, 1.54) is 0 Å². The summed E-state index contributed by atoms with van der Waals surface area (Å²) in [5.74, 6) is 0. The van der Waals surface area contributed by atoms with Gasteiger partial charge in [0, 0.05) is 28.1 Å². The Hall–Kier alpha value is -0.482. The fraction of sp³-hybridized carbons (Fsp3) is 0.500. The quantitative estimate of drug-likeness (QED) is 0.291. The lowest BCUT2D eigenvalue weighted by Gasteiger charge is -2.61. The van der Waals surface area contributed by atoms with E-state index in [9.17, 15) is 0 Å². The Labute approximate surface area is 198 Å². The molecule has 1 saturated heterocycles. The molecule has 31 heavy (non-hydrogen) atoms. The van der Waals surface area contributed by atoms with Crippen LogP contribution in [0.5, 0.6) is 0 Å². The average molecular weight is 507 g/mol. The Morgan fingerprint density at radius 2 is 0.903 bits per heavy atom. The zero-order valence-corrected chi connectivity index (χ0v) is 25.4. The van der Waals surface area contributed by atoms with E-state index in [1.54, 1.807) is 0 Å². The molecule has 2 nitrogen and oxygen atoms in total. The lowest BCUT2D eigenvalue weighted by molar-refractivity contribution is 0.159. The Morgan fingerprint density at radius 3 is 1.16 bits per heavy atom. The van der Waals surface area contributed by atoms with Crippen molar-refractivity contribution >= 4 is 43.2 Å². The number of hydrogen-bond donors (Lipinski definition) is 0. The van der Waals surface area contributed by atoms with E-state index in [4.69, 9.17) is 19.9 Å². The van der Waals surface area contributed by atoms with Crippen molar-refractivity contribution in [1.29, 1.82) is 0 Å². The highest BCUT2D eigenvalue weighted by Gasteiger charge is 2.77. The molecule has 7 heteroatoms. The molecule has 2 aromatic rings. The average Bonchev–Trinajstić information content (AvgIpc) is 2.98. The Morgan fingerprint density at radius 1 is 0.613 bits per heavy atom. The van der Waals surface area contributed by atoms with Gasteiger partial charge in [-0.15, -0.1) is 0 Å². The summed E-state index contributed by atoms with van der Waals surface area (Å²) in [6, 6.07) is 21.1. The van der Waals surface area contributed by atoms with Gasteiger partial charge < -0.3 is 8.85 Å². The minimum Gasteiger partial charge on any atom is -0.373 e. The first kappa shape index (κ1) is 25.1. The Balaban J connectivity index is 2.26. The standard InChI is InChI=1S/C24H39ClO2Si4/c1-28(2,3)24(29(4,5)6,30(7,8)9)31(25)26-22(20-16-12-10-13-17-20)23(27-31)21-18-14-11-15-19-21/h10-19,22-23H,1-9H3. The zero-order valence-electron chi connectivity index (χ0n) is 20.6. The smallest absolute Gasteiger partial charge is 0.373 e. The predicted octanol–water partition coefficient (Wildman–Crippen LogP) is 8.07. The van der Waals surface area contributed by atoms with Crippen LogP contribution in [0.3, 0.4) is 0 Å². The lowest BCUT2D eigenvalue weighted by Crippen LogP contribution is -2.76. The molecule has 1 heterocycles. The van der Waals surface area contributed by atoms with Gasteiger partial charge >= 0.3 is 7.87 Å². The Bertz CT molecular complexity index is 802. The maximum absolute atomic E-state index is 7.84. The highest BCUT2D eigenvalue weighted by molar-refractivity contribution is 7.38. The molecular weight excluding hydrogens is 468 g/mol. The molecule has 0 bridgehead atoms. The van der Waals surface area contributed by atoms with Crippen molar-refractivity contribution < 1.29 is 8.85 Å². The summed E-state index contributed by atoms with van der Waals surface area (Å²) in [7, 11) is -8.52. The molecule has 2 atom stereocenters. The summed E-state index contributed by atoms with van der Waals surface area (Å²) < 4.78 is 14.3. The monoisotopic (exact) mass is 506 g/mol. The van der Waals surface area contributed by atoms with Gasteiger partial charge in [-0.1, -0.05) is 131 Å². The first-order valence-electron chi connectivity index (χ1n) is 11.3. The molecule has 1 aliphatic rings. The van der Waals surface area contributed by atoms with Crippen LogP contribution in [0.1, 0.15) is 23.3 Å². The maximum Gasteiger partial charge on any atom is 0.442 e. The summed E-state index contributed by atoms with van der Waals surface area (Å²) in [6.07, 6.45) is -0.340. The van der Waals surface area contributed by atoms with Gasteiger partial charge in [0.05, 0.1) is 0 Å². The van der Waals surface area contributed by atoms with Gasteiger partial charge in [0.25, 0.3) is 0 Å². The zero-order chi connectivity index (χ0) is 23.3. The number of hydrogen-bond acceptors (Lipinski definition) is 2. The molecule has 0 amide bonds. The molecule has 0 aliphatic carbocycles. The van der Waals surface area contributed by atoms with Crippen LogP contribution >= 0.6 is 11.1 Å². The van der Waals surface area contributed by atoms with Gasteiger partial charge in [0.2, 0.25) is 0 Å². The van der Waals surface area contributed by atoms with Gasteiger partial charge in [-0.2, -0.15) is 0 Å². The van der Waals surface area contributed by atoms with Crippen molar-refractivity contribution in [2.75, 3.05) is 0 Å². The second-order valence-corrected chi connectivity index (χ2v) is 34.5. The lowest BCUT2D eigenvalue weighted by atomic mass is 9.99. The molecule has 0 aromatic heterocycles. The molecule has 2 aromatic carbocycles. The van der Waals surface area contributed by atoms with E-state index >= 15 is 0 Å². The summed E-state index contributed by atoms with van der Waals surface area (Å²) in [6.45, 7) is 22.5. The molecule has 2 unspecified atom stereocenters. The molecule has 0 radical (unpaired) electrons. The SMILES string of the molecule is C[Si](C)(C)C([Si](C)(C)C)([Si](C)(C)C)[Si]1(Cl)OC(c2ccccc2)C(c2ccccc2)O1. The Kier molecular flexibility index (Phi) is 6.80. The largest absolute Gasteiger partial charge is 0.442 e. The number of rotatable bonds is 6. The van der Waals surface area contributed by atoms with Crippen LogP contribution in [0.25, 0.3) is 0 Å². The predicted molar refractivity (Wildman–Crippen MR) is 145 cm³/mol. The third-order valence-corrected chi connectivity index (χ3v) is 41.7. The minimum absolute atomic E-state index is 0.0259. The topological polar surface area (TPSA) is 18.5 Å². The molecule has 0 saturated carbocycles. The van der Waals surface area contributed by atoms with Crippen molar-refractivity contribution in [2.45, 2.75) is 75.0 Å². The fourth-order valence-corrected chi connectivity index (χ4v) is 55.8. The van der Waals surface area contributed by atoms with Crippen LogP contribution in [-0.2, 0) is 8.85 Å². The molecule has 1 fully saturated rings. The van der Waals surface area contributed by atoms with Crippen molar-refractivity contribution in [2.24, 2.45) is 0 Å². The first-order valence-corrected chi connectivity index (χ1v) is 24.6. The van der Waals surface area contributed by atoms with E-state index < -0.39 is 32.1 Å². The van der Waals surface area contributed by atoms with E-state index in [2.05, 4.69) is 120 Å². The first-order chi connectivity index (χ1) is 14.2. The number of benzene rings is 2. The van der Waals surface area contributed by atoms with Gasteiger partial charge in [0.15, 0.2) is 0 Å². The van der Waals surface area contributed by atoms with Crippen molar-refractivity contribution in [1.82, 2.24) is 0 Å². The van der Waals surface area contributed by atoms with Gasteiger partial charge in [-0.3, -0.25) is 0 Å². The molecule has 1 aliphatic heterocycles. The summed E-state index contributed by atoms with van der Waals surface area (Å²) in [5.41, 5.74) is 2.31. The van der Waals surface area contributed by atoms with Crippen LogP contribution in [0.15, 0.2) is 60.7 Å². The van der Waals surface area contributed by atoms with Crippen LogP contribution in [-0.4, -0.2) is 32.1 Å². The van der Waals surface area contributed by atoms with Crippen LogP contribution < -0.4 is 0 Å². The summed E-state index contributed by atoms with van der Waals surface area (Å²) in [5, 5.41) is 0. The van der Waals surface area contributed by atoms with Crippen molar-refractivity contribution in [3.05, 3.63) is 71.8 Å². The third-order valence-electron chi connectivity index (χ3n) is 6.91. The van der Waals surface area contributed by atoms with E-state index in [-0.39, 0.29) is 16.1 Å². The third kappa shape index (κ3) is 4.14. The van der Waals surface area contributed by atoms with Crippen molar-refractivity contribution in [3.8, 4) is 0 Å². The molecule has 0 spiro atoms. The van der Waals surface area contributed by atoms with Gasteiger partial charge in [0.1, 0.15) is 12.2 Å². The van der Waals surface area contributed by atoms with Gasteiger partial charge in [-0.25, -0.2) is 0 Å². The summed E-state index contributed by atoms with van der Waals surface area (Å²) in [4.78, 5) is 0. The van der Waals surface area contributed by atoms with Crippen LogP contribution in [0.4, 0.5) is 0 Å². The van der Waals surface area contributed by atoms with Crippen LogP contribution in [0.2, 0.25) is 62.8 Å². The second kappa shape index (κ2) is 8.38. The molecule has 170 valence electrons. The highest BCUT2D eigenvalue weighted by Crippen LogP contribution is 2.66.